The molecule has 2 fully saturated rings. The highest BCUT2D eigenvalue weighted by molar-refractivity contribution is 7.99. The van der Waals surface area contributed by atoms with Crippen molar-refractivity contribution in [2.45, 2.75) is 58.1 Å². The van der Waals surface area contributed by atoms with Crippen LogP contribution in [0.25, 0.3) is 0 Å². The van der Waals surface area contributed by atoms with Crippen LogP contribution in [0.1, 0.15) is 46.5 Å². The molecule has 1 heterocycles. The standard InChI is InChI=1S/C16H26N2O4S/c1-16(2,3)22-15(21)17-13(11-4-6-12(19)7-5-11)14(20)18-8-9-23-10-18/h11,13H,4-10H2,1-3H3,(H,17,21)/t13-/m0/s1. The molecule has 130 valence electrons. The number of alkyl carbamates (subject to hydrolysis) is 1. The van der Waals surface area contributed by atoms with E-state index in [-0.39, 0.29) is 17.6 Å². The minimum atomic E-state index is -0.607. The maximum atomic E-state index is 12.8. The van der Waals surface area contributed by atoms with Crippen LogP contribution in [0.4, 0.5) is 4.79 Å². The summed E-state index contributed by atoms with van der Waals surface area (Å²) in [6.07, 6.45) is 1.69. The van der Waals surface area contributed by atoms with Crippen LogP contribution >= 0.6 is 11.8 Å². The monoisotopic (exact) mass is 342 g/mol. The molecule has 0 aromatic heterocycles. The summed E-state index contributed by atoms with van der Waals surface area (Å²) in [6.45, 7) is 6.08. The summed E-state index contributed by atoms with van der Waals surface area (Å²) in [5.74, 6) is 1.77. The highest BCUT2D eigenvalue weighted by Crippen LogP contribution is 2.27. The van der Waals surface area contributed by atoms with Crippen LogP contribution in [0.2, 0.25) is 0 Å². The lowest BCUT2D eigenvalue weighted by Gasteiger charge is -2.32. The summed E-state index contributed by atoms with van der Waals surface area (Å²) in [5.41, 5.74) is -0.607. The van der Waals surface area contributed by atoms with E-state index in [1.54, 1.807) is 37.4 Å². The molecule has 1 N–H and O–H groups in total. The molecule has 1 aliphatic carbocycles. The Morgan fingerprint density at radius 2 is 1.96 bits per heavy atom. The van der Waals surface area contributed by atoms with E-state index in [9.17, 15) is 14.4 Å². The van der Waals surface area contributed by atoms with Crippen LogP contribution in [0.5, 0.6) is 0 Å². The second-order valence-corrected chi connectivity index (χ2v) is 8.21. The number of thioether (sulfide) groups is 1. The van der Waals surface area contributed by atoms with Crippen molar-refractivity contribution in [2.24, 2.45) is 5.92 Å². The van der Waals surface area contributed by atoms with E-state index in [0.29, 0.717) is 38.1 Å². The largest absolute Gasteiger partial charge is 0.444 e. The number of nitrogens with zero attached hydrogens (tertiary/aromatic N) is 1. The zero-order valence-corrected chi connectivity index (χ0v) is 14.9. The van der Waals surface area contributed by atoms with Gasteiger partial charge in [0.1, 0.15) is 17.4 Å². The highest BCUT2D eigenvalue weighted by atomic mass is 32.2. The fraction of sp³-hybridized carbons (Fsp3) is 0.812. The molecule has 23 heavy (non-hydrogen) atoms. The van der Waals surface area contributed by atoms with Gasteiger partial charge < -0.3 is 15.0 Å². The lowest BCUT2D eigenvalue weighted by atomic mass is 9.82. The van der Waals surface area contributed by atoms with Crippen molar-refractivity contribution in [3.63, 3.8) is 0 Å². The molecular weight excluding hydrogens is 316 g/mol. The molecule has 2 rings (SSSR count). The van der Waals surface area contributed by atoms with Crippen molar-refractivity contribution >= 4 is 29.5 Å². The fourth-order valence-corrected chi connectivity index (χ4v) is 3.85. The molecule has 0 spiro atoms. The number of hydrogen-bond acceptors (Lipinski definition) is 5. The lowest BCUT2D eigenvalue weighted by molar-refractivity contribution is -0.134. The van der Waals surface area contributed by atoms with Crippen LogP contribution in [0.15, 0.2) is 0 Å². The van der Waals surface area contributed by atoms with Gasteiger partial charge in [-0.15, -0.1) is 11.8 Å². The third-order valence-corrected chi connectivity index (χ3v) is 5.03. The fourth-order valence-electron chi connectivity index (χ4n) is 2.90. The van der Waals surface area contributed by atoms with Crippen molar-refractivity contribution in [3.05, 3.63) is 0 Å². The third kappa shape index (κ3) is 5.41. The second kappa shape index (κ2) is 7.55. The van der Waals surface area contributed by atoms with Gasteiger partial charge in [0.05, 0.1) is 5.88 Å². The number of carbonyl (C=O) groups is 3. The smallest absolute Gasteiger partial charge is 0.408 e. The number of ketones is 1. The topological polar surface area (TPSA) is 75.7 Å². The SMILES string of the molecule is CC(C)(C)OC(=O)N[C@H](C(=O)N1CCSC1)C1CCC(=O)CC1. The van der Waals surface area contributed by atoms with Crippen LogP contribution in [-0.4, -0.2) is 52.5 Å². The second-order valence-electron chi connectivity index (χ2n) is 7.14. The molecule has 7 heteroatoms. The lowest BCUT2D eigenvalue weighted by Crippen LogP contribution is -2.53. The van der Waals surface area contributed by atoms with Gasteiger partial charge in [-0.1, -0.05) is 0 Å². The average molecular weight is 342 g/mol. The van der Waals surface area contributed by atoms with Gasteiger partial charge in [-0.3, -0.25) is 9.59 Å². The first-order valence-corrected chi connectivity index (χ1v) is 9.29. The first kappa shape index (κ1) is 18.1. The third-order valence-electron chi connectivity index (χ3n) is 4.06. The first-order valence-electron chi connectivity index (χ1n) is 8.14. The van der Waals surface area contributed by atoms with Gasteiger partial charge in [-0.25, -0.2) is 4.79 Å². The van der Waals surface area contributed by atoms with E-state index in [4.69, 9.17) is 4.74 Å². The van der Waals surface area contributed by atoms with Crippen molar-refractivity contribution in [1.29, 1.82) is 0 Å². The number of carbonyl (C=O) groups excluding carboxylic acids is 3. The molecule has 1 atom stereocenters. The maximum absolute atomic E-state index is 12.8. The number of hydrogen-bond donors (Lipinski definition) is 1. The minimum Gasteiger partial charge on any atom is -0.444 e. The Hall–Kier alpha value is -1.24. The summed E-state index contributed by atoms with van der Waals surface area (Å²) in [7, 11) is 0. The zero-order valence-electron chi connectivity index (χ0n) is 14.1. The van der Waals surface area contributed by atoms with Gasteiger partial charge in [0.2, 0.25) is 5.91 Å². The highest BCUT2D eigenvalue weighted by Gasteiger charge is 2.37. The van der Waals surface area contributed by atoms with Crippen molar-refractivity contribution in [3.8, 4) is 0 Å². The molecule has 0 bridgehead atoms. The van der Waals surface area contributed by atoms with E-state index in [1.165, 1.54) is 0 Å². The van der Waals surface area contributed by atoms with E-state index >= 15 is 0 Å². The molecular formula is C16H26N2O4S. The van der Waals surface area contributed by atoms with Gasteiger partial charge in [-0.05, 0) is 39.5 Å². The van der Waals surface area contributed by atoms with E-state index in [1.807, 2.05) is 0 Å². The molecule has 2 amide bonds. The molecule has 1 saturated heterocycles. The zero-order chi connectivity index (χ0) is 17.0. The Balaban J connectivity index is 2.05. The Bertz CT molecular complexity index is 459. The molecule has 1 aliphatic heterocycles. The van der Waals surface area contributed by atoms with Crippen molar-refractivity contribution in [2.75, 3.05) is 18.2 Å². The minimum absolute atomic E-state index is 0.00156. The Labute approximate surface area is 141 Å². The molecule has 2 aliphatic rings. The average Bonchev–Trinajstić information content (AvgIpc) is 2.97. The number of Topliss-reactive ketones (excluding diaryl/α,β-unsaturated/α-hetero) is 1. The van der Waals surface area contributed by atoms with Gasteiger partial charge in [0.25, 0.3) is 0 Å². The summed E-state index contributed by atoms with van der Waals surface area (Å²) in [5, 5.41) is 2.76. The number of rotatable bonds is 3. The Kier molecular flexibility index (Phi) is 5.95. The molecule has 6 nitrogen and oxygen atoms in total. The first-order chi connectivity index (χ1) is 10.8. The quantitative estimate of drug-likeness (QED) is 0.851. The predicted octanol–water partition coefficient (Wildman–Crippen LogP) is 2.17. The maximum Gasteiger partial charge on any atom is 0.408 e. The normalized spacial score (nSPS) is 21.2. The van der Waals surface area contributed by atoms with Crippen molar-refractivity contribution < 1.29 is 19.1 Å². The van der Waals surface area contributed by atoms with Crippen molar-refractivity contribution in [1.82, 2.24) is 10.2 Å². The summed E-state index contributed by atoms with van der Waals surface area (Å²) >= 11 is 1.71. The van der Waals surface area contributed by atoms with Gasteiger partial charge in [-0.2, -0.15) is 0 Å². The van der Waals surface area contributed by atoms with Gasteiger partial charge in [0.15, 0.2) is 0 Å². The van der Waals surface area contributed by atoms with E-state index in [0.717, 1.165) is 5.75 Å². The Morgan fingerprint density at radius 3 is 2.48 bits per heavy atom. The predicted molar refractivity (Wildman–Crippen MR) is 89.2 cm³/mol. The Morgan fingerprint density at radius 1 is 1.30 bits per heavy atom. The van der Waals surface area contributed by atoms with Crippen LogP contribution < -0.4 is 5.32 Å². The van der Waals surface area contributed by atoms with Crippen LogP contribution in [0, 0.1) is 5.92 Å². The number of amides is 2. The van der Waals surface area contributed by atoms with E-state index < -0.39 is 17.7 Å². The van der Waals surface area contributed by atoms with Crippen LogP contribution in [0.3, 0.4) is 0 Å². The number of nitrogens with one attached hydrogen (secondary N) is 1. The summed E-state index contributed by atoms with van der Waals surface area (Å²) < 4.78 is 5.30. The molecule has 0 radical (unpaired) electrons. The van der Waals surface area contributed by atoms with Crippen LogP contribution in [-0.2, 0) is 14.3 Å². The molecule has 0 aromatic carbocycles. The summed E-state index contributed by atoms with van der Waals surface area (Å²) in [4.78, 5) is 38.1. The molecule has 1 saturated carbocycles. The van der Waals surface area contributed by atoms with Gasteiger partial charge in [0, 0.05) is 25.1 Å². The molecule has 0 unspecified atom stereocenters. The number of ether oxygens (including phenoxy) is 1. The summed E-state index contributed by atoms with van der Waals surface area (Å²) in [6, 6.07) is -0.600. The molecule has 0 aromatic rings. The van der Waals surface area contributed by atoms with E-state index in [2.05, 4.69) is 5.32 Å². The van der Waals surface area contributed by atoms with Gasteiger partial charge >= 0.3 is 6.09 Å².